The van der Waals surface area contributed by atoms with Crippen molar-refractivity contribution in [3.8, 4) is 0 Å². The number of benzene rings is 1. The van der Waals surface area contributed by atoms with Crippen LogP contribution in [-0.4, -0.2) is 41.0 Å². The Morgan fingerprint density at radius 3 is 2.57 bits per heavy atom. The number of carbonyl (C=O) groups excluding carboxylic acids is 1. The van der Waals surface area contributed by atoms with Gasteiger partial charge in [-0.3, -0.25) is 4.79 Å². The third kappa shape index (κ3) is 3.42. The number of hydrogen-bond donors (Lipinski definition) is 2. The Balaban J connectivity index is 2.00. The zero-order chi connectivity index (χ0) is 15.6. The van der Waals surface area contributed by atoms with Crippen LogP contribution in [-0.2, 0) is 11.2 Å². The number of amides is 1. The molecule has 0 aromatic heterocycles. The van der Waals surface area contributed by atoms with E-state index in [1.807, 2.05) is 0 Å². The molecule has 21 heavy (non-hydrogen) atoms. The normalized spacial score (nSPS) is 17.1. The van der Waals surface area contributed by atoms with Crippen LogP contribution in [0.2, 0.25) is 0 Å². The second kappa shape index (κ2) is 5.85. The van der Waals surface area contributed by atoms with E-state index in [1.54, 1.807) is 43.1 Å². The predicted molar refractivity (Wildman–Crippen MR) is 80.1 cm³/mol. The number of nitrogens with two attached hydrogens (primary N) is 1. The van der Waals surface area contributed by atoms with Crippen LogP contribution < -0.4 is 5.73 Å². The van der Waals surface area contributed by atoms with Crippen LogP contribution in [0.15, 0.2) is 24.3 Å². The van der Waals surface area contributed by atoms with E-state index in [4.69, 9.17) is 10.8 Å². The summed E-state index contributed by atoms with van der Waals surface area (Å²) in [5.41, 5.74) is 6.34. The third-order valence-electron chi connectivity index (χ3n) is 4.20. The van der Waals surface area contributed by atoms with E-state index in [-0.39, 0.29) is 17.4 Å². The molecule has 1 saturated carbocycles. The molecule has 1 atom stereocenters. The van der Waals surface area contributed by atoms with Crippen LogP contribution in [0.4, 0.5) is 0 Å². The molecule has 0 radical (unpaired) electrons. The first-order valence-electron chi connectivity index (χ1n) is 7.19. The zero-order valence-corrected chi connectivity index (χ0v) is 12.5. The summed E-state index contributed by atoms with van der Waals surface area (Å²) in [7, 11) is 1.72. The molecular formula is C16H22N2O3. The van der Waals surface area contributed by atoms with Gasteiger partial charge in [0.05, 0.1) is 11.1 Å². The first-order chi connectivity index (χ1) is 9.84. The van der Waals surface area contributed by atoms with Crippen molar-refractivity contribution >= 4 is 11.9 Å². The maximum atomic E-state index is 12.4. The Kier molecular flexibility index (Phi) is 4.32. The summed E-state index contributed by atoms with van der Waals surface area (Å²) in [4.78, 5) is 25.1. The molecule has 1 fully saturated rings. The van der Waals surface area contributed by atoms with Gasteiger partial charge in [-0.2, -0.15) is 0 Å². The van der Waals surface area contributed by atoms with E-state index < -0.39 is 11.5 Å². The van der Waals surface area contributed by atoms with Gasteiger partial charge in [-0.05, 0) is 43.7 Å². The molecule has 1 amide bonds. The van der Waals surface area contributed by atoms with Gasteiger partial charge in [-0.1, -0.05) is 18.2 Å². The fourth-order valence-electron chi connectivity index (χ4n) is 2.61. The highest BCUT2D eigenvalue weighted by Crippen LogP contribution is 2.38. The summed E-state index contributed by atoms with van der Waals surface area (Å²) >= 11 is 0. The summed E-state index contributed by atoms with van der Waals surface area (Å²) in [6.45, 7) is 2.25. The van der Waals surface area contributed by atoms with Crippen molar-refractivity contribution in [3.05, 3.63) is 35.4 Å². The van der Waals surface area contributed by atoms with Crippen molar-refractivity contribution in [2.75, 3.05) is 13.6 Å². The van der Waals surface area contributed by atoms with Crippen LogP contribution >= 0.6 is 0 Å². The van der Waals surface area contributed by atoms with Gasteiger partial charge in [0.25, 0.3) is 0 Å². The number of carboxylic acids is 1. The largest absolute Gasteiger partial charge is 0.478 e. The highest BCUT2D eigenvalue weighted by Gasteiger charge is 2.45. The molecule has 1 aliphatic carbocycles. The van der Waals surface area contributed by atoms with Crippen molar-refractivity contribution in [1.82, 2.24) is 4.90 Å². The minimum Gasteiger partial charge on any atom is -0.478 e. The minimum atomic E-state index is -0.943. The van der Waals surface area contributed by atoms with Gasteiger partial charge in [0.1, 0.15) is 0 Å². The zero-order valence-electron chi connectivity index (χ0n) is 12.5. The number of hydrogen-bond acceptors (Lipinski definition) is 3. The number of likely N-dealkylation sites (N-methyl/N-ethyl adjacent to an activating group) is 1. The molecule has 0 aliphatic heterocycles. The molecule has 0 saturated heterocycles. The second-order valence-electron chi connectivity index (χ2n) is 6.00. The monoisotopic (exact) mass is 290 g/mol. The summed E-state index contributed by atoms with van der Waals surface area (Å²) in [5, 5.41) is 9.15. The first-order valence-corrected chi connectivity index (χ1v) is 7.19. The molecule has 5 heteroatoms. The molecule has 1 unspecified atom stereocenters. The number of aromatic carboxylic acids is 1. The van der Waals surface area contributed by atoms with Crippen LogP contribution in [0.5, 0.6) is 0 Å². The minimum absolute atomic E-state index is 0.0715. The van der Waals surface area contributed by atoms with Crippen molar-refractivity contribution in [3.63, 3.8) is 0 Å². The highest BCUT2D eigenvalue weighted by atomic mass is 16.4. The van der Waals surface area contributed by atoms with E-state index >= 15 is 0 Å². The number of rotatable bonds is 6. The molecule has 0 bridgehead atoms. The van der Waals surface area contributed by atoms with Crippen molar-refractivity contribution in [2.45, 2.75) is 31.7 Å². The lowest BCUT2D eigenvalue weighted by molar-refractivity contribution is -0.135. The lowest BCUT2D eigenvalue weighted by Gasteiger charge is -2.29. The molecule has 1 aromatic carbocycles. The van der Waals surface area contributed by atoms with Crippen LogP contribution in [0.25, 0.3) is 0 Å². The van der Waals surface area contributed by atoms with E-state index in [1.165, 1.54) is 0 Å². The highest BCUT2D eigenvalue weighted by molar-refractivity contribution is 5.89. The van der Waals surface area contributed by atoms with E-state index in [0.29, 0.717) is 13.0 Å². The molecule has 5 nitrogen and oxygen atoms in total. The molecule has 1 aromatic rings. The summed E-state index contributed by atoms with van der Waals surface area (Å²) in [6.07, 6.45) is 2.52. The molecule has 3 N–H and O–H groups in total. The third-order valence-corrected chi connectivity index (χ3v) is 4.20. The predicted octanol–water partition coefficient (Wildman–Crippen LogP) is 1.51. The van der Waals surface area contributed by atoms with Gasteiger partial charge in [0, 0.05) is 13.6 Å². The van der Waals surface area contributed by atoms with Gasteiger partial charge in [0.2, 0.25) is 5.91 Å². The van der Waals surface area contributed by atoms with Gasteiger partial charge in [-0.25, -0.2) is 4.79 Å². The second-order valence-corrected chi connectivity index (χ2v) is 6.00. The number of carboxylic acid groups (broad SMARTS) is 1. The maximum absolute atomic E-state index is 12.4. The van der Waals surface area contributed by atoms with Gasteiger partial charge >= 0.3 is 5.97 Å². The van der Waals surface area contributed by atoms with Crippen LogP contribution in [0.1, 0.15) is 35.7 Å². The Morgan fingerprint density at radius 2 is 2.00 bits per heavy atom. The van der Waals surface area contributed by atoms with Crippen molar-refractivity contribution < 1.29 is 14.7 Å². The molecular weight excluding hydrogens is 268 g/mol. The Hall–Kier alpha value is -1.88. The molecule has 0 spiro atoms. The van der Waals surface area contributed by atoms with Crippen LogP contribution in [0, 0.1) is 5.92 Å². The van der Waals surface area contributed by atoms with E-state index in [0.717, 1.165) is 18.4 Å². The summed E-state index contributed by atoms with van der Waals surface area (Å²) in [5.74, 6) is -0.738. The van der Waals surface area contributed by atoms with Gasteiger partial charge < -0.3 is 15.7 Å². The quantitative estimate of drug-likeness (QED) is 0.832. The lowest BCUT2D eigenvalue weighted by atomic mass is 9.95. The Bertz CT molecular complexity index is 550. The van der Waals surface area contributed by atoms with Crippen molar-refractivity contribution in [2.24, 2.45) is 11.7 Å². The van der Waals surface area contributed by atoms with Gasteiger partial charge in [0.15, 0.2) is 0 Å². The van der Waals surface area contributed by atoms with E-state index in [2.05, 4.69) is 0 Å². The summed E-state index contributed by atoms with van der Waals surface area (Å²) < 4.78 is 0. The summed E-state index contributed by atoms with van der Waals surface area (Å²) in [6, 6.07) is 6.87. The average molecular weight is 290 g/mol. The first kappa shape index (κ1) is 15.5. The Labute approximate surface area is 124 Å². The molecule has 0 heterocycles. The maximum Gasteiger partial charge on any atom is 0.335 e. The molecule has 1 aliphatic rings. The number of carbonyl (C=O) groups is 2. The fourth-order valence-corrected chi connectivity index (χ4v) is 2.61. The topological polar surface area (TPSA) is 83.6 Å². The van der Waals surface area contributed by atoms with Crippen molar-refractivity contribution in [1.29, 1.82) is 0 Å². The Morgan fingerprint density at radius 1 is 1.38 bits per heavy atom. The SMILES string of the molecule is CN(CCc1ccccc1C(=O)O)C(=O)C(C)(N)C1CC1. The number of nitrogens with zero attached hydrogens (tertiary/aromatic N) is 1. The standard InChI is InChI=1S/C16H22N2O3/c1-16(17,12-7-8-12)15(21)18(2)10-9-11-5-3-4-6-13(11)14(19)20/h3-6,12H,7-10,17H2,1-2H3,(H,19,20). The fraction of sp³-hybridized carbons (Fsp3) is 0.500. The molecule has 2 rings (SSSR count). The van der Waals surface area contributed by atoms with Gasteiger partial charge in [-0.15, -0.1) is 0 Å². The average Bonchev–Trinajstić information content (AvgIpc) is 3.29. The molecule has 114 valence electrons. The van der Waals surface area contributed by atoms with Crippen LogP contribution in [0.3, 0.4) is 0 Å². The smallest absolute Gasteiger partial charge is 0.335 e. The van der Waals surface area contributed by atoms with E-state index in [9.17, 15) is 9.59 Å². The lowest BCUT2D eigenvalue weighted by Crippen LogP contribution is -2.54.